The molecule has 20 heavy (non-hydrogen) atoms. The minimum absolute atomic E-state index is 0.454. The standard InChI is InChI=1S/C16H14ClNOS/c1-16(19,11-6-2-3-7-12(11)17)10-15-18-13-8-4-5-9-14(13)20-15/h2-9,19H,10H2,1H3. The van der Waals surface area contributed by atoms with Gasteiger partial charge in [0, 0.05) is 17.0 Å². The van der Waals surface area contributed by atoms with Gasteiger partial charge in [0.1, 0.15) is 0 Å². The molecule has 0 fully saturated rings. The summed E-state index contributed by atoms with van der Waals surface area (Å²) in [5, 5.41) is 12.2. The zero-order valence-electron chi connectivity index (χ0n) is 11.0. The number of rotatable bonds is 3. The average molecular weight is 304 g/mol. The maximum atomic E-state index is 10.7. The second-order valence-corrected chi connectivity index (χ2v) is 6.53. The highest BCUT2D eigenvalue weighted by molar-refractivity contribution is 7.18. The normalized spacial score (nSPS) is 14.3. The summed E-state index contributed by atoms with van der Waals surface area (Å²) in [5.41, 5.74) is 0.690. The fourth-order valence-corrected chi connectivity index (χ4v) is 3.74. The van der Waals surface area contributed by atoms with Crippen LogP contribution in [-0.4, -0.2) is 10.1 Å². The fourth-order valence-electron chi connectivity index (χ4n) is 2.28. The van der Waals surface area contributed by atoms with Gasteiger partial charge >= 0.3 is 0 Å². The summed E-state index contributed by atoms with van der Waals surface area (Å²) in [4.78, 5) is 4.57. The molecule has 2 aromatic carbocycles. The molecule has 0 aliphatic carbocycles. The third kappa shape index (κ3) is 2.57. The van der Waals surface area contributed by atoms with Crippen LogP contribution in [0.25, 0.3) is 10.2 Å². The summed E-state index contributed by atoms with van der Waals surface area (Å²) < 4.78 is 1.14. The molecule has 1 atom stereocenters. The number of para-hydroxylation sites is 1. The van der Waals surface area contributed by atoms with E-state index in [1.54, 1.807) is 24.3 Å². The molecule has 0 aliphatic rings. The maximum Gasteiger partial charge on any atom is 0.0970 e. The number of aliphatic hydroxyl groups is 1. The van der Waals surface area contributed by atoms with Crippen molar-refractivity contribution in [1.82, 2.24) is 4.98 Å². The van der Waals surface area contributed by atoms with Crippen molar-refractivity contribution in [1.29, 1.82) is 0 Å². The number of fused-ring (bicyclic) bond motifs is 1. The van der Waals surface area contributed by atoms with Crippen molar-refractivity contribution in [2.75, 3.05) is 0 Å². The first-order valence-electron chi connectivity index (χ1n) is 6.38. The summed E-state index contributed by atoms with van der Waals surface area (Å²) in [5.74, 6) is 0. The number of hydrogen-bond donors (Lipinski definition) is 1. The predicted octanol–water partition coefficient (Wildman–Crippen LogP) is 4.40. The number of hydrogen-bond acceptors (Lipinski definition) is 3. The first kappa shape index (κ1) is 13.6. The van der Waals surface area contributed by atoms with E-state index in [-0.39, 0.29) is 0 Å². The largest absolute Gasteiger partial charge is 0.385 e. The van der Waals surface area contributed by atoms with Crippen molar-refractivity contribution < 1.29 is 5.11 Å². The molecule has 0 saturated heterocycles. The molecular weight excluding hydrogens is 290 g/mol. The van der Waals surface area contributed by atoms with Crippen LogP contribution in [0.1, 0.15) is 17.5 Å². The molecule has 1 unspecified atom stereocenters. The lowest BCUT2D eigenvalue weighted by Gasteiger charge is -2.23. The summed E-state index contributed by atoms with van der Waals surface area (Å²) in [7, 11) is 0. The van der Waals surface area contributed by atoms with Gasteiger partial charge in [0.25, 0.3) is 0 Å². The van der Waals surface area contributed by atoms with E-state index in [1.807, 2.05) is 42.5 Å². The Morgan fingerprint density at radius 1 is 1.15 bits per heavy atom. The first-order valence-corrected chi connectivity index (χ1v) is 7.57. The molecule has 0 spiro atoms. The number of benzene rings is 2. The van der Waals surface area contributed by atoms with Crippen LogP contribution in [0.2, 0.25) is 5.02 Å². The number of thiazole rings is 1. The molecule has 0 amide bonds. The minimum Gasteiger partial charge on any atom is -0.385 e. The third-order valence-corrected chi connectivity index (χ3v) is 4.65. The summed E-state index contributed by atoms with van der Waals surface area (Å²) in [6, 6.07) is 15.4. The van der Waals surface area contributed by atoms with Crippen molar-refractivity contribution in [2.24, 2.45) is 0 Å². The van der Waals surface area contributed by atoms with Gasteiger partial charge in [0.15, 0.2) is 0 Å². The van der Waals surface area contributed by atoms with Gasteiger partial charge in [-0.3, -0.25) is 0 Å². The lowest BCUT2D eigenvalue weighted by molar-refractivity contribution is 0.0577. The molecular formula is C16H14ClNOS. The lowest BCUT2D eigenvalue weighted by atomic mass is 9.93. The third-order valence-electron chi connectivity index (χ3n) is 3.29. The van der Waals surface area contributed by atoms with E-state index in [1.165, 1.54) is 0 Å². The van der Waals surface area contributed by atoms with Crippen LogP contribution < -0.4 is 0 Å². The van der Waals surface area contributed by atoms with Gasteiger partial charge in [0.05, 0.1) is 20.8 Å². The highest BCUT2D eigenvalue weighted by Gasteiger charge is 2.27. The summed E-state index contributed by atoms with van der Waals surface area (Å²) >= 11 is 7.79. The van der Waals surface area contributed by atoms with E-state index in [0.29, 0.717) is 11.4 Å². The zero-order chi connectivity index (χ0) is 14.2. The Kier molecular flexibility index (Phi) is 3.50. The van der Waals surface area contributed by atoms with Crippen LogP contribution >= 0.6 is 22.9 Å². The highest BCUT2D eigenvalue weighted by atomic mass is 35.5. The van der Waals surface area contributed by atoms with E-state index in [0.717, 1.165) is 20.8 Å². The summed E-state index contributed by atoms with van der Waals surface area (Å²) in [6.07, 6.45) is 0.454. The van der Waals surface area contributed by atoms with Crippen LogP contribution in [0.5, 0.6) is 0 Å². The Morgan fingerprint density at radius 3 is 2.60 bits per heavy atom. The molecule has 102 valence electrons. The molecule has 0 bridgehead atoms. The molecule has 3 rings (SSSR count). The Morgan fingerprint density at radius 2 is 1.85 bits per heavy atom. The predicted molar refractivity (Wildman–Crippen MR) is 84.3 cm³/mol. The number of aromatic nitrogens is 1. The van der Waals surface area contributed by atoms with Gasteiger partial charge in [-0.1, -0.05) is 41.9 Å². The average Bonchev–Trinajstić information content (AvgIpc) is 2.80. The van der Waals surface area contributed by atoms with E-state index in [4.69, 9.17) is 11.6 Å². The molecule has 1 heterocycles. The van der Waals surface area contributed by atoms with Crippen molar-refractivity contribution in [2.45, 2.75) is 18.9 Å². The van der Waals surface area contributed by atoms with Crippen molar-refractivity contribution in [3.8, 4) is 0 Å². The topological polar surface area (TPSA) is 33.1 Å². The number of nitrogens with zero attached hydrogens (tertiary/aromatic N) is 1. The molecule has 1 aromatic heterocycles. The van der Waals surface area contributed by atoms with Crippen molar-refractivity contribution in [3.05, 3.63) is 64.1 Å². The van der Waals surface area contributed by atoms with Crippen molar-refractivity contribution >= 4 is 33.2 Å². The van der Waals surface area contributed by atoms with E-state index in [2.05, 4.69) is 4.98 Å². The highest BCUT2D eigenvalue weighted by Crippen LogP contribution is 2.33. The minimum atomic E-state index is -1.02. The Balaban J connectivity index is 1.95. The molecule has 0 saturated carbocycles. The molecule has 1 N–H and O–H groups in total. The van der Waals surface area contributed by atoms with Gasteiger partial charge in [0.2, 0.25) is 0 Å². The van der Waals surface area contributed by atoms with Crippen LogP contribution in [0.15, 0.2) is 48.5 Å². The maximum absolute atomic E-state index is 10.7. The first-order chi connectivity index (χ1) is 9.56. The molecule has 0 aliphatic heterocycles. The van der Waals surface area contributed by atoms with Crippen molar-refractivity contribution in [3.63, 3.8) is 0 Å². The van der Waals surface area contributed by atoms with Crippen LogP contribution in [0, 0.1) is 0 Å². The molecule has 0 radical (unpaired) electrons. The second kappa shape index (κ2) is 5.17. The van der Waals surface area contributed by atoms with E-state index >= 15 is 0 Å². The lowest BCUT2D eigenvalue weighted by Crippen LogP contribution is -2.24. The van der Waals surface area contributed by atoms with E-state index in [9.17, 15) is 5.11 Å². The second-order valence-electron chi connectivity index (χ2n) is 5.01. The van der Waals surface area contributed by atoms with Gasteiger partial charge < -0.3 is 5.11 Å². The fraction of sp³-hybridized carbons (Fsp3) is 0.188. The summed E-state index contributed by atoms with van der Waals surface area (Å²) in [6.45, 7) is 1.78. The SMILES string of the molecule is CC(O)(Cc1nc2ccccc2s1)c1ccccc1Cl. The van der Waals surface area contributed by atoms with Gasteiger partial charge in [-0.15, -0.1) is 11.3 Å². The van der Waals surface area contributed by atoms with Gasteiger partial charge in [-0.25, -0.2) is 4.98 Å². The monoisotopic (exact) mass is 303 g/mol. The van der Waals surface area contributed by atoms with Crippen LogP contribution in [0.4, 0.5) is 0 Å². The zero-order valence-corrected chi connectivity index (χ0v) is 12.6. The molecule has 2 nitrogen and oxygen atoms in total. The molecule has 4 heteroatoms. The van der Waals surface area contributed by atoms with E-state index < -0.39 is 5.60 Å². The number of halogens is 1. The Bertz CT molecular complexity index is 718. The molecule has 3 aromatic rings. The quantitative estimate of drug-likeness (QED) is 0.778. The Labute approximate surface area is 126 Å². The Hall–Kier alpha value is -1.42. The van der Waals surface area contributed by atoms with Gasteiger partial charge in [-0.2, -0.15) is 0 Å². The smallest absolute Gasteiger partial charge is 0.0970 e. The van der Waals surface area contributed by atoms with Crippen LogP contribution in [0.3, 0.4) is 0 Å². The van der Waals surface area contributed by atoms with Crippen LogP contribution in [-0.2, 0) is 12.0 Å². The van der Waals surface area contributed by atoms with Gasteiger partial charge in [-0.05, 0) is 25.1 Å².